The van der Waals surface area contributed by atoms with E-state index in [1.807, 2.05) is 0 Å². The van der Waals surface area contributed by atoms with Gasteiger partial charge in [-0.15, -0.1) is 0 Å². The molecule has 0 aliphatic rings. The van der Waals surface area contributed by atoms with Crippen molar-refractivity contribution in [1.29, 1.82) is 5.26 Å². The SMILES string of the molecule is CC(C)CCC(C)C.Cc1ccc(C#N)c(F)c1F. The predicted octanol–water partition coefficient (Wildman–Crippen LogP) is 5.22. The van der Waals surface area contributed by atoms with Gasteiger partial charge in [-0.05, 0) is 30.4 Å². The summed E-state index contributed by atoms with van der Waals surface area (Å²) in [6.45, 7) is 10.6. The summed E-state index contributed by atoms with van der Waals surface area (Å²) in [5, 5.41) is 8.28. The van der Waals surface area contributed by atoms with Crippen LogP contribution in [0.4, 0.5) is 8.78 Å². The van der Waals surface area contributed by atoms with E-state index in [-0.39, 0.29) is 11.1 Å². The van der Waals surface area contributed by atoms with E-state index in [0.29, 0.717) is 0 Å². The van der Waals surface area contributed by atoms with E-state index < -0.39 is 11.6 Å². The van der Waals surface area contributed by atoms with Crippen LogP contribution in [0, 0.1) is 41.7 Å². The third-order valence-electron chi connectivity index (χ3n) is 2.72. The molecule has 1 aromatic rings. The lowest BCUT2D eigenvalue weighted by molar-refractivity contribution is 0.476. The lowest BCUT2D eigenvalue weighted by Gasteiger charge is -2.05. The van der Waals surface area contributed by atoms with Crippen LogP contribution in [0.1, 0.15) is 51.7 Å². The summed E-state index contributed by atoms with van der Waals surface area (Å²) >= 11 is 0. The number of rotatable bonds is 3. The zero-order valence-electron chi connectivity index (χ0n) is 12.4. The Bertz CT molecular complexity index is 423. The van der Waals surface area contributed by atoms with Crippen molar-refractivity contribution < 1.29 is 8.78 Å². The molecule has 0 heterocycles. The lowest BCUT2D eigenvalue weighted by Crippen LogP contribution is -1.92. The molecule has 1 aromatic carbocycles. The first-order valence-electron chi connectivity index (χ1n) is 6.64. The Hall–Kier alpha value is -1.43. The minimum atomic E-state index is -1.06. The van der Waals surface area contributed by atoms with Crippen molar-refractivity contribution in [2.75, 3.05) is 0 Å². The molecule has 0 amide bonds. The molecule has 0 saturated carbocycles. The average molecular weight is 267 g/mol. The van der Waals surface area contributed by atoms with Crippen LogP contribution < -0.4 is 0 Å². The van der Waals surface area contributed by atoms with Crippen molar-refractivity contribution in [3.05, 3.63) is 34.9 Å². The molecule has 0 atom stereocenters. The van der Waals surface area contributed by atoms with Gasteiger partial charge in [0.1, 0.15) is 6.07 Å². The zero-order chi connectivity index (χ0) is 15.0. The molecule has 0 aromatic heterocycles. The van der Waals surface area contributed by atoms with Gasteiger partial charge in [0.05, 0.1) is 5.56 Å². The molecule has 0 bridgehead atoms. The molecule has 106 valence electrons. The zero-order valence-corrected chi connectivity index (χ0v) is 12.4. The number of aryl methyl sites for hydroxylation is 1. The summed E-state index contributed by atoms with van der Waals surface area (Å²) in [6, 6.07) is 4.18. The van der Waals surface area contributed by atoms with Gasteiger partial charge in [-0.1, -0.05) is 46.6 Å². The fourth-order valence-electron chi connectivity index (χ4n) is 1.40. The van der Waals surface area contributed by atoms with Gasteiger partial charge in [-0.3, -0.25) is 0 Å². The number of nitriles is 1. The molecule has 0 saturated heterocycles. The number of nitrogens with zero attached hydrogens (tertiary/aromatic N) is 1. The minimum absolute atomic E-state index is 0.210. The van der Waals surface area contributed by atoms with Crippen LogP contribution >= 0.6 is 0 Å². The number of benzene rings is 1. The van der Waals surface area contributed by atoms with Gasteiger partial charge in [0, 0.05) is 0 Å². The summed E-state index contributed by atoms with van der Waals surface area (Å²) < 4.78 is 25.3. The Kier molecular flexibility index (Phi) is 7.98. The van der Waals surface area contributed by atoms with Crippen LogP contribution in [-0.4, -0.2) is 0 Å². The highest BCUT2D eigenvalue weighted by atomic mass is 19.2. The van der Waals surface area contributed by atoms with Crippen LogP contribution in [0.15, 0.2) is 12.1 Å². The topological polar surface area (TPSA) is 23.8 Å². The van der Waals surface area contributed by atoms with Gasteiger partial charge in [0.2, 0.25) is 0 Å². The maximum atomic E-state index is 12.7. The Balaban J connectivity index is 0.000000362. The van der Waals surface area contributed by atoms with E-state index in [9.17, 15) is 8.78 Å². The minimum Gasteiger partial charge on any atom is -0.203 e. The van der Waals surface area contributed by atoms with Crippen molar-refractivity contribution in [1.82, 2.24) is 0 Å². The molecule has 3 heteroatoms. The molecular weight excluding hydrogens is 244 g/mol. The fourth-order valence-corrected chi connectivity index (χ4v) is 1.40. The summed E-state index contributed by atoms with van der Waals surface area (Å²) in [4.78, 5) is 0. The predicted molar refractivity (Wildman–Crippen MR) is 74.7 cm³/mol. The van der Waals surface area contributed by atoms with Crippen LogP contribution in [0.2, 0.25) is 0 Å². The smallest absolute Gasteiger partial charge is 0.176 e. The van der Waals surface area contributed by atoms with E-state index in [1.165, 1.54) is 31.9 Å². The number of halogens is 2. The third-order valence-corrected chi connectivity index (χ3v) is 2.72. The Morgan fingerprint density at radius 1 is 1.00 bits per heavy atom. The molecule has 0 radical (unpaired) electrons. The number of hydrogen-bond donors (Lipinski definition) is 0. The average Bonchev–Trinajstić information content (AvgIpc) is 2.35. The normalized spacial score (nSPS) is 10.1. The quantitative estimate of drug-likeness (QED) is 0.736. The molecule has 19 heavy (non-hydrogen) atoms. The van der Waals surface area contributed by atoms with E-state index in [1.54, 1.807) is 6.07 Å². The van der Waals surface area contributed by atoms with Crippen molar-refractivity contribution in [2.24, 2.45) is 11.8 Å². The van der Waals surface area contributed by atoms with Gasteiger partial charge in [-0.2, -0.15) is 5.26 Å². The standard InChI is InChI=1S/C8H5F2N.C8H18/c1-5-2-3-6(4-11)8(10)7(5)9;1-7(2)5-6-8(3)4/h2-3H,1H3;7-8H,5-6H2,1-4H3. The Morgan fingerprint density at radius 3 is 1.84 bits per heavy atom. The van der Waals surface area contributed by atoms with Crippen LogP contribution in [0.3, 0.4) is 0 Å². The van der Waals surface area contributed by atoms with Gasteiger partial charge >= 0.3 is 0 Å². The highest BCUT2D eigenvalue weighted by Crippen LogP contribution is 2.14. The van der Waals surface area contributed by atoms with Crippen LogP contribution in [0.25, 0.3) is 0 Å². The van der Waals surface area contributed by atoms with Crippen molar-refractivity contribution >= 4 is 0 Å². The van der Waals surface area contributed by atoms with E-state index >= 15 is 0 Å². The first-order chi connectivity index (χ1) is 8.79. The van der Waals surface area contributed by atoms with Crippen LogP contribution in [0.5, 0.6) is 0 Å². The van der Waals surface area contributed by atoms with Gasteiger partial charge < -0.3 is 0 Å². The first-order valence-corrected chi connectivity index (χ1v) is 6.64. The summed E-state index contributed by atoms with van der Waals surface area (Å²) in [5.74, 6) is -0.230. The third kappa shape index (κ3) is 6.91. The molecule has 0 unspecified atom stereocenters. The number of hydrogen-bond acceptors (Lipinski definition) is 1. The van der Waals surface area contributed by atoms with Crippen LogP contribution in [-0.2, 0) is 0 Å². The molecule has 1 rings (SSSR count). The molecule has 0 fully saturated rings. The van der Waals surface area contributed by atoms with E-state index in [0.717, 1.165) is 11.8 Å². The second-order valence-electron chi connectivity index (χ2n) is 5.53. The van der Waals surface area contributed by atoms with Crippen molar-refractivity contribution in [2.45, 2.75) is 47.5 Å². The highest BCUT2D eigenvalue weighted by molar-refractivity contribution is 5.34. The monoisotopic (exact) mass is 267 g/mol. The Morgan fingerprint density at radius 2 is 1.47 bits per heavy atom. The van der Waals surface area contributed by atoms with Gasteiger partial charge in [0.15, 0.2) is 11.6 Å². The molecular formula is C16H23F2N. The molecule has 1 nitrogen and oxygen atoms in total. The maximum Gasteiger partial charge on any atom is 0.176 e. The molecule has 0 aliphatic carbocycles. The highest BCUT2D eigenvalue weighted by Gasteiger charge is 2.09. The second kappa shape index (κ2) is 8.63. The summed E-state index contributed by atoms with van der Waals surface area (Å²) in [6.07, 6.45) is 2.77. The van der Waals surface area contributed by atoms with E-state index in [4.69, 9.17) is 5.26 Å². The summed E-state index contributed by atoms with van der Waals surface area (Å²) in [7, 11) is 0. The fraction of sp³-hybridized carbons (Fsp3) is 0.562. The van der Waals surface area contributed by atoms with E-state index in [2.05, 4.69) is 27.7 Å². The summed E-state index contributed by atoms with van der Waals surface area (Å²) in [5.41, 5.74) is -0.0467. The largest absolute Gasteiger partial charge is 0.203 e. The van der Waals surface area contributed by atoms with Crippen molar-refractivity contribution in [3.63, 3.8) is 0 Å². The van der Waals surface area contributed by atoms with Crippen molar-refractivity contribution in [3.8, 4) is 6.07 Å². The maximum absolute atomic E-state index is 12.7. The molecule has 0 N–H and O–H groups in total. The molecule has 0 aliphatic heterocycles. The lowest BCUT2D eigenvalue weighted by atomic mass is 10.0. The second-order valence-corrected chi connectivity index (χ2v) is 5.53. The van der Waals surface area contributed by atoms with Gasteiger partial charge in [0.25, 0.3) is 0 Å². The van der Waals surface area contributed by atoms with Gasteiger partial charge in [-0.25, -0.2) is 8.78 Å². The first kappa shape index (κ1) is 17.6. The Labute approximate surface area is 115 Å². The molecule has 0 spiro atoms.